The van der Waals surface area contributed by atoms with E-state index in [4.69, 9.17) is 23.4 Å². The Labute approximate surface area is 225 Å². The van der Waals surface area contributed by atoms with Gasteiger partial charge < -0.3 is 33.6 Å². The summed E-state index contributed by atoms with van der Waals surface area (Å²) in [5.74, 6) is 0. The molecule has 4 heterocycles. The molecule has 2 fully saturated rings. The number of ether oxygens (including phenoxy) is 1. The van der Waals surface area contributed by atoms with Crippen molar-refractivity contribution < 1.29 is 28.1 Å². The second kappa shape index (κ2) is 10.7. The maximum Gasteiger partial charge on any atom is 0.490 e. The first kappa shape index (κ1) is 30.2. The summed E-state index contributed by atoms with van der Waals surface area (Å²) >= 11 is 0. The summed E-state index contributed by atoms with van der Waals surface area (Å²) in [7, 11) is -0.456. The van der Waals surface area contributed by atoms with Crippen molar-refractivity contribution in [2.45, 2.75) is 117 Å². The molecule has 0 unspecified atom stereocenters. The minimum atomic E-state index is -0.465. The number of nitrogens with one attached hydrogen (secondary N) is 1. The molecular weight excluding hydrogens is 470 g/mol. The molecule has 1 amide bonds. The smallest absolute Gasteiger partial charge is 0.444 e. The van der Waals surface area contributed by atoms with Crippen molar-refractivity contribution in [1.82, 2.24) is 10.2 Å². The Balaban J connectivity index is 0.000000220. The van der Waals surface area contributed by atoms with Gasteiger partial charge in [-0.1, -0.05) is 12.2 Å². The van der Waals surface area contributed by atoms with Gasteiger partial charge in [-0.05, 0) is 106 Å². The van der Waals surface area contributed by atoms with Crippen LogP contribution >= 0.6 is 0 Å². The van der Waals surface area contributed by atoms with E-state index < -0.39 is 5.60 Å². The fourth-order valence-corrected chi connectivity index (χ4v) is 4.23. The zero-order valence-electron chi connectivity index (χ0n) is 24.9. The molecule has 0 saturated carbocycles. The van der Waals surface area contributed by atoms with Gasteiger partial charge in [0.15, 0.2) is 0 Å². The zero-order valence-corrected chi connectivity index (χ0v) is 24.9. The summed E-state index contributed by atoms with van der Waals surface area (Å²) < 4.78 is 29.5. The van der Waals surface area contributed by atoms with E-state index in [0.717, 1.165) is 31.4 Å². The first-order valence-corrected chi connectivity index (χ1v) is 13.6. The van der Waals surface area contributed by atoms with Crippen molar-refractivity contribution in [3.8, 4) is 0 Å². The lowest BCUT2D eigenvalue weighted by molar-refractivity contribution is 0.00578. The van der Waals surface area contributed by atoms with Crippen LogP contribution in [0.15, 0.2) is 23.1 Å². The third-order valence-corrected chi connectivity index (χ3v) is 8.11. The molecule has 2 saturated heterocycles. The van der Waals surface area contributed by atoms with Crippen LogP contribution in [-0.4, -0.2) is 79.4 Å². The van der Waals surface area contributed by atoms with Crippen LogP contribution in [0.5, 0.6) is 0 Å². The third kappa shape index (κ3) is 7.21. The van der Waals surface area contributed by atoms with Crippen molar-refractivity contribution in [2.24, 2.45) is 0 Å². The van der Waals surface area contributed by atoms with Gasteiger partial charge in [-0.2, -0.15) is 0 Å². The van der Waals surface area contributed by atoms with Crippen LogP contribution in [0.1, 0.15) is 89.0 Å². The van der Waals surface area contributed by atoms with Crippen molar-refractivity contribution in [3.05, 3.63) is 23.1 Å². The lowest BCUT2D eigenvalue weighted by Gasteiger charge is -2.32. The first-order chi connectivity index (χ1) is 16.8. The SMILES string of the molecule is CC(C)(C)OC(=O)N1CC=C(B2OC(C)(C)C(C)(C)O2)CC1.CC1(C)OB(C2=CCNCC2)OC1(C)C. The quantitative estimate of drug-likeness (QED) is 0.530. The van der Waals surface area contributed by atoms with Crippen molar-refractivity contribution in [2.75, 3.05) is 26.2 Å². The number of carbonyl (C=O) groups excluding carboxylic acids is 1. The molecule has 4 rings (SSSR count). The highest BCUT2D eigenvalue weighted by molar-refractivity contribution is 6.55. The van der Waals surface area contributed by atoms with Gasteiger partial charge in [0, 0.05) is 19.6 Å². The lowest BCUT2D eigenvalue weighted by Crippen LogP contribution is -2.41. The van der Waals surface area contributed by atoms with Gasteiger partial charge in [-0.3, -0.25) is 0 Å². The number of hydrogen-bond donors (Lipinski definition) is 1. The van der Waals surface area contributed by atoms with Gasteiger partial charge >= 0.3 is 20.3 Å². The van der Waals surface area contributed by atoms with Gasteiger partial charge in [0.2, 0.25) is 0 Å². The fourth-order valence-electron chi connectivity index (χ4n) is 4.23. The average molecular weight is 518 g/mol. The molecule has 0 aromatic carbocycles. The predicted octanol–water partition coefficient (Wildman–Crippen LogP) is 4.72. The van der Waals surface area contributed by atoms with E-state index in [-0.39, 0.29) is 42.7 Å². The molecule has 0 atom stereocenters. The summed E-state index contributed by atoms with van der Waals surface area (Å²) in [5, 5.41) is 3.29. The van der Waals surface area contributed by atoms with Gasteiger partial charge in [-0.15, -0.1) is 0 Å². The van der Waals surface area contributed by atoms with Crippen LogP contribution in [-0.2, 0) is 23.4 Å². The molecule has 4 aliphatic heterocycles. The van der Waals surface area contributed by atoms with Crippen LogP contribution < -0.4 is 5.32 Å². The minimum Gasteiger partial charge on any atom is -0.444 e. The second-order valence-corrected chi connectivity index (χ2v) is 13.4. The Morgan fingerprint density at radius 3 is 1.65 bits per heavy atom. The summed E-state index contributed by atoms with van der Waals surface area (Å²) in [6.45, 7) is 25.3. The Morgan fingerprint density at radius 1 is 0.838 bits per heavy atom. The molecule has 37 heavy (non-hydrogen) atoms. The van der Waals surface area contributed by atoms with Crippen LogP contribution in [0, 0.1) is 0 Å². The molecule has 0 aromatic rings. The Hall–Kier alpha value is -1.32. The maximum absolute atomic E-state index is 12.1. The molecule has 4 aliphatic rings. The number of nitrogens with zero attached hydrogens (tertiary/aromatic N) is 1. The molecule has 0 bridgehead atoms. The Bertz CT molecular complexity index is 875. The highest BCUT2D eigenvalue weighted by Gasteiger charge is 2.53. The number of hydrogen-bond acceptors (Lipinski definition) is 7. The topological polar surface area (TPSA) is 78.5 Å². The van der Waals surface area contributed by atoms with E-state index >= 15 is 0 Å². The first-order valence-electron chi connectivity index (χ1n) is 13.6. The number of amides is 1. The minimum absolute atomic E-state index is 0.142. The summed E-state index contributed by atoms with van der Waals surface area (Å²) in [6, 6.07) is 0. The highest BCUT2D eigenvalue weighted by Crippen LogP contribution is 2.40. The molecule has 1 N–H and O–H groups in total. The molecule has 8 nitrogen and oxygen atoms in total. The van der Waals surface area contributed by atoms with E-state index in [1.165, 1.54) is 5.47 Å². The van der Waals surface area contributed by atoms with Crippen LogP contribution in [0.3, 0.4) is 0 Å². The van der Waals surface area contributed by atoms with Crippen molar-refractivity contribution >= 4 is 20.3 Å². The van der Waals surface area contributed by atoms with Crippen LogP contribution in [0.4, 0.5) is 4.79 Å². The van der Waals surface area contributed by atoms with E-state index in [0.29, 0.717) is 13.1 Å². The number of carbonyl (C=O) groups is 1. The third-order valence-electron chi connectivity index (χ3n) is 8.11. The molecule has 0 radical (unpaired) electrons. The summed E-state index contributed by atoms with van der Waals surface area (Å²) in [5.41, 5.74) is 0.826. The van der Waals surface area contributed by atoms with Gasteiger partial charge in [-0.25, -0.2) is 4.79 Å². The monoisotopic (exact) mass is 518 g/mol. The van der Waals surface area contributed by atoms with E-state index in [1.54, 1.807) is 4.90 Å². The highest BCUT2D eigenvalue weighted by atomic mass is 16.7. The second-order valence-electron chi connectivity index (χ2n) is 13.4. The summed E-state index contributed by atoms with van der Waals surface area (Å²) in [6.07, 6.45) is 5.71. The summed E-state index contributed by atoms with van der Waals surface area (Å²) in [4.78, 5) is 13.8. The fraction of sp³-hybridized carbons (Fsp3) is 0.815. The predicted molar refractivity (Wildman–Crippen MR) is 148 cm³/mol. The van der Waals surface area contributed by atoms with Crippen LogP contribution in [0.25, 0.3) is 0 Å². The zero-order chi connectivity index (χ0) is 27.9. The van der Waals surface area contributed by atoms with Crippen molar-refractivity contribution in [1.29, 1.82) is 0 Å². The lowest BCUT2D eigenvalue weighted by atomic mass is 9.75. The average Bonchev–Trinajstić information content (AvgIpc) is 3.13. The van der Waals surface area contributed by atoms with E-state index in [9.17, 15) is 4.79 Å². The van der Waals surface area contributed by atoms with Crippen molar-refractivity contribution in [3.63, 3.8) is 0 Å². The van der Waals surface area contributed by atoms with E-state index in [2.05, 4.69) is 39.1 Å². The van der Waals surface area contributed by atoms with Gasteiger partial charge in [0.05, 0.1) is 22.4 Å². The normalized spacial score (nSPS) is 26.2. The van der Waals surface area contributed by atoms with Gasteiger partial charge in [0.1, 0.15) is 5.60 Å². The maximum atomic E-state index is 12.1. The van der Waals surface area contributed by atoms with Gasteiger partial charge in [0.25, 0.3) is 0 Å². The Kier molecular flexibility index (Phi) is 8.73. The standard InChI is InChI=1S/C16H28BNO4.C11H20BNO2/c1-14(2,3)20-13(19)18-10-8-12(9-11-18)17-21-15(4,5)16(6,7)22-17;1-10(2)11(3,4)15-12(14-10)9-5-7-13-8-6-9/h8H,9-11H2,1-7H3;5,13H,6-8H2,1-4H3. The molecule has 0 aromatic heterocycles. The molecular formula is C27H48B2N2O6. The van der Waals surface area contributed by atoms with E-state index in [1.807, 2.05) is 54.5 Å². The largest absolute Gasteiger partial charge is 0.490 e. The number of rotatable bonds is 2. The molecule has 0 spiro atoms. The molecule has 10 heteroatoms. The molecule has 0 aliphatic carbocycles. The Morgan fingerprint density at radius 2 is 1.30 bits per heavy atom. The van der Waals surface area contributed by atoms with Crippen LogP contribution in [0.2, 0.25) is 0 Å². The molecule has 208 valence electrons.